The summed E-state index contributed by atoms with van der Waals surface area (Å²) in [5.74, 6) is 0. The zero-order chi connectivity index (χ0) is 19.0. The SMILES string of the molecule is Cc1ccc(C2=CCN(c3c(C#N)c(=O)n(C)c4ccccc34)CC2)cn1. The second-order valence-corrected chi connectivity index (χ2v) is 6.83. The molecular weight excluding hydrogens is 336 g/mol. The van der Waals surface area contributed by atoms with Crippen molar-refractivity contribution in [2.75, 3.05) is 18.0 Å². The van der Waals surface area contributed by atoms with Crippen LogP contribution in [-0.4, -0.2) is 22.6 Å². The highest BCUT2D eigenvalue weighted by molar-refractivity contribution is 5.95. The zero-order valence-electron chi connectivity index (χ0n) is 15.4. The molecule has 5 nitrogen and oxygen atoms in total. The number of nitrogens with zero attached hydrogens (tertiary/aromatic N) is 4. The number of nitriles is 1. The smallest absolute Gasteiger partial charge is 0.270 e. The molecule has 134 valence electrons. The van der Waals surface area contributed by atoms with Gasteiger partial charge in [-0.2, -0.15) is 5.26 Å². The van der Waals surface area contributed by atoms with Gasteiger partial charge in [-0.3, -0.25) is 9.78 Å². The molecule has 27 heavy (non-hydrogen) atoms. The highest BCUT2D eigenvalue weighted by Crippen LogP contribution is 2.32. The average molecular weight is 356 g/mol. The number of para-hydroxylation sites is 1. The molecule has 1 aliphatic rings. The summed E-state index contributed by atoms with van der Waals surface area (Å²) >= 11 is 0. The molecule has 0 aliphatic carbocycles. The maximum absolute atomic E-state index is 12.7. The van der Waals surface area contributed by atoms with Gasteiger partial charge in [0.15, 0.2) is 0 Å². The third-order valence-corrected chi connectivity index (χ3v) is 5.20. The summed E-state index contributed by atoms with van der Waals surface area (Å²) < 4.78 is 1.56. The van der Waals surface area contributed by atoms with Crippen molar-refractivity contribution in [2.45, 2.75) is 13.3 Å². The highest BCUT2D eigenvalue weighted by atomic mass is 16.1. The molecule has 3 heterocycles. The van der Waals surface area contributed by atoms with Crippen LogP contribution in [0.1, 0.15) is 23.2 Å². The van der Waals surface area contributed by atoms with Gasteiger partial charge in [-0.05, 0) is 36.6 Å². The Morgan fingerprint density at radius 1 is 1.19 bits per heavy atom. The van der Waals surface area contributed by atoms with Gasteiger partial charge in [0.05, 0.1) is 11.2 Å². The zero-order valence-corrected chi connectivity index (χ0v) is 15.4. The third kappa shape index (κ3) is 2.89. The molecule has 2 aromatic heterocycles. The van der Waals surface area contributed by atoms with E-state index in [0.717, 1.165) is 40.8 Å². The molecule has 0 fully saturated rings. The number of pyridine rings is 2. The minimum absolute atomic E-state index is 0.213. The van der Waals surface area contributed by atoms with E-state index in [1.807, 2.05) is 43.5 Å². The van der Waals surface area contributed by atoms with Crippen LogP contribution in [0.25, 0.3) is 16.5 Å². The second kappa shape index (κ2) is 6.73. The lowest BCUT2D eigenvalue weighted by atomic mass is 9.99. The monoisotopic (exact) mass is 356 g/mol. The van der Waals surface area contributed by atoms with Crippen LogP contribution in [0.2, 0.25) is 0 Å². The molecule has 0 saturated carbocycles. The van der Waals surface area contributed by atoms with Crippen molar-refractivity contribution < 1.29 is 0 Å². The van der Waals surface area contributed by atoms with Gasteiger partial charge in [0.2, 0.25) is 0 Å². The molecule has 1 aliphatic heterocycles. The molecule has 0 amide bonds. The lowest BCUT2D eigenvalue weighted by molar-refractivity contribution is 0.824. The van der Waals surface area contributed by atoms with Gasteiger partial charge in [-0.1, -0.05) is 30.3 Å². The van der Waals surface area contributed by atoms with Crippen LogP contribution in [0.4, 0.5) is 5.69 Å². The Balaban J connectivity index is 1.78. The van der Waals surface area contributed by atoms with Gasteiger partial charge in [-0.25, -0.2) is 0 Å². The number of aromatic nitrogens is 2. The number of hydrogen-bond donors (Lipinski definition) is 0. The molecule has 0 spiro atoms. The fourth-order valence-electron chi connectivity index (χ4n) is 3.70. The second-order valence-electron chi connectivity index (χ2n) is 6.83. The van der Waals surface area contributed by atoms with E-state index in [9.17, 15) is 10.1 Å². The van der Waals surface area contributed by atoms with Crippen molar-refractivity contribution in [2.24, 2.45) is 7.05 Å². The normalized spacial score (nSPS) is 14.1. The predicted octanol–water partition coefficient (Wildman–Crippen LogP) is 3.41. The van der Waals surface area contributed by atoms with E-state index < -0.39 is 0 Å². The van der Waals surface area contributed by atoms with Gasteiger partial charge in [0.1, 0.15) is 11.6 Å². The Morgan fingerprint density at radius 3 is 2.67 bits per heavy atom. The van der Waals surface area contributed by atoms with E-state index >= 15 is 0 Å². The maximum atomic E-state index is 12.7. The van der Waals surface area contributed by atoms with Crippen molar-refractivity contribution in [3.05, 3.63) is 75.8 Å². The van der Waals surface area contributed by atoms with Gasteiger partial charge >= 0.3 is 0 Å². The van der Waals surface area contributed by atoms with E-state index in [1.54, 1.807) is 11.6 Å². The van der Waals surface area contributed by atoms with Gasteiger partial charge < -0.3 is 9.47 Å². The Morgan fingerprint density at radius 2 is 2.00 bits per heavy atom. The lowest BCUT2D eigenvalue weighted by Gasteiger charge is -2.30. The highest BCUT2D eigenvalue weighted by Gasteiger charge is 2.22. The molecule has 5 heteroatoms. The summed E-state index contributed by atoms with van der Waals surface area (Å²) in [6.45, 7) is 3.39. The summed E-state index contributed by atoms with van der Waals surface area (Å²) in [4.78, 5) is 19.2. The molecule has 0 saturated heterocycles. The molecule has 0 atom stereocenters. The van der Waals surface area contributed by atoms with Crippen molar-refractivity contribution >= 4 is 22.2 Å². The van der Waals surface area contributed by atoms with E-state index in [1.165, 1.54) is 5.57 Å². The third-order valence-electron chi connectivity index (χ3n) is 5.20. The fraction of sp³-hybridized carbons (Fsp3) is 0.227. The molecule has 1 aromatic carbocycles. The number of anilines is 1. The number of rotatable bonds is 2. The van der Waals surface area contributed by atoms with Crippen LogP contribution in [0.15, 0.2) is 53.5 Å². The predicted molar refractivity (Wildman–Crippen MR) is 108 cm³/mol. The summed E-state index contributed by atoms with van der Waals surface area (Å²) in [6.07, 6.45) is 4.92. The molecule has 0 N–H and O–H groups in total. The number of aryl methyl sites for hydroxylation is 2. The first-order chi connectivity index (χ1) is 13.1. The molecule has 0 unspecified atom stereocenters. The molecule has 0 bridgehead atoms. The van der Waals surface area contributed by atoms with Crippen LogP contribution in [-0.2, 0) is 7.05 Å². The van der Waals surface area contributed by atoms with Gasteiger partial charge in [0.25, 0.3) is 5.56 Å². The molecule has 4 rings (SSSR count). The Labute approximate surface area is 157 Å². The van der Waals surface area contributed by atoms with Crippen LogP contribution >= 0.6 is 0 Å². The summed E-state index contributed by atoms with van der Waals surface area (Å²) in [5, 5.41) is 10.6. The Hall–Kier alpha value is -3.39. The van der Waals surface area contributed by atoms with Crippen molar-refractivity contribution in [3.8, 4) is 6.07 Å². The van der Waals surface area contributed by atoms with Gasteiger partial charge in [0, 0.05) is 37.4 Å². The number of hydrogen-bond acceptors (Lipinski definition) is 4. The van der Waals surface area contributed by atoms with Crippen LogP contribution < -0.4 is 10.5 Å². The van der Waals surface area contributed by atoms with Gasteiger partial charge in [-0.15, -0.1) is 0 Å². The van der Waals surface area contributed by atoms with E-state index in [-0.39, 0.29) is 11.1 Å². The van der Waals surface area contributed by atoms with E-state index in [4.69, 9.17) is 0 Å². The lowest BCUT2D eigenvalue weighted by Crippen LogP contribution is -2.32. The minimum Gasteiger partial charge on any atom is -0.366 e. The van der Waals surface area contributed by atoms with Crippen molar-refractivity contribution in [1.82, 2.24) is 9.55 Å². The summed E-state index contributed by atoms with van der Waals surface area (Å²) in [7, 11) is 1.72. The van der Waals surface area contributed by atoms with Crippen molar-refractivity contribution in [3.63, 3.8) is 0 Å². The number of benzene rings is 1. The van der Waals surface area contributed by atoms with Crippen LogP contribution in [0.5, 0.6) is 0 Å². The first-order valence-electron chi connectivity index (χ1n) is 8.99. The maximum Gasteiger partial charge on any atom is 0.270 e. The van der Waals surface area contributed by atoms with E-state index in [2.05, 4.69) is 28.1 Å². The van der Waals surface area contributed by atoms with Crippen molar-refractivity contribution in [1.29, 1.82) is 5.26 Å². The standard InChI is InChI=1S/C22H20N4O/c1-15-7-8-17(14-24-15)16-9-11-26(12-10-16)21-18-5-3-4-6-20(18)25(2)22(27)19(21)13-23/h3-9,14H,10-12H2,1-2H3. The molecule has 0 radical (unpaired) electrons. The topological polar surface area (TPSA) is 61.9 Å². The Kier molecular flexibility index (Phi) is 4.25. The number of fused-ring (bicyclic) bond motifs is 1. The summed E-state index contributed by atoms with van der Waals surface area (Å²) in [6, 6.07) is 14.0. The van der Waals surface area contributed by atoms with E-state index in [0.29, 0.717) is 6.54 Å². The van der Waals surface area contributed by atoms with Crippen LogP contribution in [0, 0.1) is 18.3 Å². The minimum atomic E-state index is -0.247. The van der Waals surface area contributed by atoms with Crippen LogP contribution in [0.3, 0.4) is 0 Å². The summed E-state index contributed by atoms with van der Waals surface area (Å²) in [5.41, 5.74) is 4.94. The molecule has 3 aromatic rings. The quantitative estimate of drug-likeness (QED) is 0.706. The molecular formula is C22H20N4O. The first kappa shape index (κ1) is 17.0. The largest absolute Gasteiger partial charge is 0.366 e. The first-order valence-corrected chi connectivity index (χ1v) is 8.99. The fourth-order valence-corrected chi connectivity index (χ4v) is 3.70. The average Bonchev–Trinajstić information content (AvgIpc) is 2.71. The Bertz CT molecular complexity index is 1150.